The second kappa shape index (κ2) is 5.49. The highest BCUT2D eigenvalue weighted by Gasteiger charge is 2.65. The van der Waals surface area contributed by atoms with Crippen LogP contribution in [0.25, 0.3) is 5.69 Å². The standard InChI is InChI=1S/C16H18N4O3/c1-16(2)12(13(16)15(22)23)14(21)18-7-10-4-3-5-11(6-10)20-9-17-8-19-20/h3-6,8-9,12-13H,7H2,1-2H3,(H,18,21)(H,22,23)/t12-,13+/m1/s1. The van der Waals surface area contributed by atoms with Crippen molar-refractivity contribution >= 4 is 11.9 Å². The predicted octanol–water partition coefficient (Wildman–Crippen LogP) is 1.24. The lowest BCUT2D eigenvalue weighted by atomic mass is 10.1. The van der Waals surface area contributed by atoms with Gasteiger partial charge in [0.25, 0.3) is 0 Å². The maximum atomic E-state index is 12.2. The molecule has 120 valence electrons. The second-order valence-electron chi connectivity index (χ2n) is 6.34. The van der Waals surface area contributed by atoms with E-state index in [1.54, 1.807) is 24.9 Å². The van der Waals surface area contributed by atoms with Crippen LogP contribution in [0.15, 0.2) is 36.9 Å². The summed E-state index contributed by atoms with van der Waals surface area (Å²) in [5, 5.41) is 16.0. The van der Waals surface area contributed by atoms with Crippen molar-refractivity contribution in [3.8, 4) is 5.69 Å². The molecule has 7 nitrogen and oxygen atoms in total. The number of amides is 1. The second-order valence-corrected chi connectivity index (χ2v) is 6.34. The van der Waals surface area contributed by atoms with E-state index >= 15 is 0 Å². The number of rotatable bonds is 5. The molecule has 7 heteroatoms. The van der Waals surface area contributed by atoms with Crippen molar-refractivity contribution in [1.29, 1.82) is 0 Å². The van der Waals surface area contributed by atoms with E-state index < -0.39 is 23.2 Å². The summed E-state index contributed by atoms with van der Waals surface area (Å²) in [5.41, 5.74) is 1.28. The van der Waals surface area contributed by atoms with Gasteiger partial charge in [0, 0.05) is 6.54 Å². The number of aromatic nitrogens is 3. The molecule has 1 saturated carbocycles. The lowest BCUT2D eigenvalue weighted by Gasteiger charge is -2.08. The predicted molar refractivity (Wildman–Crippen MR) is 81.6 cm³/mol. The third-order valence-electron chi connectivity index (χ3n) is 4.44. The topological polar surface area (TPSA) is 97.1 Å². The van der Waals surface area contributed by atoms with Gasteiger partial charge in [0.2, 0.25) is 5.91 Å². The van der Waals surface area contributed by atoms with Gasteiger partial charge in [0.05, 0.1) is 17.5 Å². The van der Waals surface area contributed by atoms with Crippen molar-refractivity contribution in [2.75, 3.05) is 0 Å². The largest absolute Gasteiger partial charge is 0.481 e. The van der Waals surface area contributed by atoms with Crippen LogP contribution in [0.1, 0.15) is 19.4 Å². The van der Waals surface area contributed by atoms with Gasteiger partial charge in [-0.1, -0.05) is 26.0 Å². The summed E-state index contributed by atoms with van der Waals surface area (Å²) in [6.07, 6.45) is 3.05. The van der Waals surface area contributed by atoms with Crippen LogP contribution in [0, 0.1) is 17.3 Å². The Balaban J connectivity index is 1.64. The quantitative estimate of drug-likeness (QED) is 0.865. The monoisotopic (exact) mass is 314 g/mol. The van der Waals surface area contributed by atoms with Gasteiger partial charge in [-0.05, 0) is 23.1 Å². The fraction of sp³-hybridized carbons (Fsp3) is 0.375. The maximum absolute atomic E-state index is 12.2. The Morgan fingerprint density at radius 2 is 2.13 bits per heavy atom. The zero-order chi connectivity index (χ0) is 16.6. The molecule has 1 amide bonds. The van der Waals surface area contributed by atoms with Crippen molar-refractivity contribution in [2.24, 2.45) is 17.3 Å². The summed E-state index contributed by atoms with van der Waals surface area (Å²) in [6.45, 7) is 3.96. The molecular weight excluding hydrogens is 296 g/mol. The number of benzene rings is 1. The first-order valence-corrected chi connectivity index (χ1v) is 7.35. The van der Waals surface area contributed by atoms with Gasteiger partial charge in [-0.25, -0.2) is 9.67 Å². The molecule has 1 aromatic heterocycles. The highest BCUT2D eigenvalue weighted by atomic mass is 16.4. The molecule has 2 atom stereocenters. The van der Waals surface area contributed by atoms with Crippen molar-refractivity contribution < 1.29 is 14.7 Å². The van der Waals surface area contributed by atoms with Gasteiger partial charge in [-0.2, -0.15) is 5.10 Å². The first-order chi connectivity index (χ1) is 10.9. The lowest BCUT2D eigenvalue weighted by Crippen LogP contribution is -2.26. The van der Waals surface area contributed by atoms with Crippen molar-refractivity contribution in [2.45, 2.75) is 20.4 Å². The minimum Gasteiger partial charge on any atom is -0.481 e. The number of nitrogens with zero attached hydrogens (tertiary/aromatic N) is 3. The smallest absolute Gasteiger partial charge is 0.307 e. The molecule has 0 spiro atoms. The van der Waals surface area contributed by atoms with E-state index in [0.29, 0.717) is 6.54 Å². The Hall–Kier alpha value is -2.70. The first kappa shape index (κ1) is 15.2. The van der Waals surface area contributed by atoms with Crippen molar-refractivity contribution in [3.05, 3.63) is 42.5 Å². The van der Waals surface area contributed by atoms with Crippen LogP contribution in [0.2, 0.25) is 0 Å². The molecule has 1 aliphatic carbocycles. The molecule has 2 N–H and O–H groups in total. The molecule has 1 aromatic carbocycles. The van der Waals surface area contributed by atoms with Crippen LogP contribution in [-0.4, -0.2) is 31.7 Å². The number of carbonyl (C=O) groups is 2. The number of carboxylic acids is 1. The third-order valence-corrected chi connectivity index (χ3v) is 4.44. The third kappa shape index (κ3) is 2.81. The molecule has 23 heavy (non-hydrogen) atoms. The van der Waals surface area contributed by atoms with Crippen LogP contribution in [0.3, 0.4) is 0 Å². The van der Waals surface area contributed by atoms with Crippen molar-refractivity contribution in [1.82, 2.24) is 20.1 Å². The highest BCUT2D eigenvalue weighted by Crippen LogP contribution is 2.58. The van der Waals surface area contributed by atoms with E-state index in [4.69, 9.17) is 5.11 Å². The zero-order valence-corrected chi connectivity index (χ0v) is 12.9. The average molecular weight is 314 g/mol. The van der Waals surface area contributed by atoms with E-state index in [2.05, 4.69) is 15.4 Å². The van der Waals surface area contributed by atoms with Crippen LogP contribution >= 0.6 is 0 Å². The number of hydrogen-bond donors (Lipinski definition) is 2. The van der Waals surface area contributed by atoms with E-state index in [1.165, 1.54) is 6.33 Å². The van der Waals surface area contributed by atoms with Crippen LogP contribution in [0.4, 0.5) is 0 Å². The normalized spacial score (nSPS) is 21.7. The first-order valence-electron chi connectivity index (χ1n) is 7.35. The number of carbonyl (C=O) groups excluding carboxylic acids is 1. The Bertz CT molecular complexity index is 740. The summed E-state index contributed by atoms with van der Waals surface area (Å²) in [4.78, 5) is 27.3. The Morgan fingerprint density at radius 1 is 1.35 bits per heavy atom. The molecule has 0 bridgehead atoms. The van der Waals surface area contributed by atoms with E-state index in [1.807, 2.05) is 24.3 Å². The summed E-state index contributed by atoms with van der Waals surface area (Å²) in [7, 11) is 0. The maximum Gasteiger partial charge on any atom is 0.307 e. The number of nitrogens with one attached hydrogen (secondary N) is 1. The van der Waals surface area contributed by atoms with Crippen molar-refractivity contribution in [3.63, 3.8) is 0 Å². The molecule has 1 fully saturated rings. The summed E-state index contributed by atoms with van der Waals surface area (Å²) < 4.78 is 1.63. The highest BCUT2D eigenvalue weighted by molar-refractivity contribution is 5.91. The molecule has 0 unspecified atom stereocenters. The Morgan fingerprint density at radius 3 is 2.74 bits per heavy atom. The van der Waals surface area contributed by atoms with Gasteiger partial charge in [-0.15, -0.1) is 0 Å². The summed E-state index contributed by atoms with van der Waals surface area (Å²) in [6, 6.07) is 7.57. The summed E-state index contributed by atoms with van der Waals surface area (Å²) >= 11 is 0. The molecular formula is C16H18N4O3. The van der Waals surface area contributed by atoms with Gasteiger partial charge in [-0.3, -0.25) is 9.59 Å². The molecule has 2 aromatic rings. The molecule has 0 saturated heterocycles. The molecule has 0 radical (unpaired) electrons. The number of carboxylic acid groups (broad SMARTS) is 1. The fourth-order valence-electron chi connectivity index (χ4n) is 3.04. The van der Waals surface area contributed by atoms with Gasteiger partial charge >= 0.3 is 5.97 Å². The molecule has 3 rings (SSSR count). The van der Waals surface area contributed by atoms with Gasteiger partial charge in [0.15, 0.2) is 0 Å². The SMILES string of the molecule is CC1(C)[C@H](C(=O)O)[C@@H]1C(=O)NCc1cccc(-n2cncn2)c1. The Kier molecular flexibility index (Phi) is 3.63. The van der Waals surface area contributed by atoms with Crippen LogP contribution in [-0.2, 0) is 16.1 Å². The average Bonchev–Trinajstić information content (AvgIpc) is 2.90. The fourth-order valence-corrected chi connectivity index (χ4v) is 3.04. The Labute approximate surface area is 133 Å². The minimum atomic E-state index is -0.914. The van der Waals surface area contributed by atoms with Crippen LogP contribution in [0.5, 0.6) is 0 Å². The molecule has 1 aliphatic rings. The van der Waals surface area contributed by atoms with E-state index in [9.17, 15) is 9.59 Å². The number of hydrogen-bond acceptors (Lipinski definition) is 4. The lowest BCUT2D eigenvalue weighted by molar-refractivity contribution is -0.140. The minimum absolute atomic E-state index is 0.214. The van der Waals surface area contributed by atoms with Crippen LogP contribution < -0.4 is 5.32 Å². The van der Waals surface area contributed by atoms with E-state index in [-0.39, 0.29) is 5.91 Å². The van der Waals surface area contributed by atoms with Gasteiger partial charge < -0.3 is 10.4 Å². The van der Waals surface area contributed by atoms with E-state index in [0.717, 1.165) is 11.3 Å². The zero-order valence-electron chi connectivity index (χ0n) is 12.9. The molecule has 1 heterocycles. The van der Waals surface area contributed by atoms with Gasteiger partial charge in [0.1, 0.15) is 12.7 Å². The number of aliphatic carboxylic acids is 1. The summed E-state index contributed by atoms with van der Waals surface area (Å²) in [5.74, 6) is -2.21. The molecule has 0 aliphatic heterocycles.